The van der Waals surface area contributed by atoms with Gasteiger partial charge in [-0.15, -0.1) is 0 Å². The molecule has 1 heterocycles. The van der Waals surface area contributed by atoms with E-state index >= 15 is 0 Å². The minimum atomic E-state index is 0.288. The lowest BCUT2D eigenvalue weighted by Crippen LogP contribution is -2.28. The predicted molar refractivity (Wildman–Crippen MR) is 45.5 cm³/mol. The minimum absolute atomic E-state index is 0.288. The smallest absolute Gasteiger partial charge is 0.105 e. The number of nitrogens with one attached hydrogen (secondary N) is 1. The van der Waals surface area contributed by atoms with Crippen LogP contribution in [0.3, 0.4) is 0 Å². The highest BCUT2D eigenvalue weighted by Gasteiger charge is 2.03. The molecule has 12 heavy (non-hydrogen) atoms. The van der Waals surface area contributed by atoms with E-state index in [0.29, 0.717) is 6.54 Å². The number of nitrogens with zero attached hydrogens (tertiary/aromatic N) is 1. The van der Waals surface area contributed by atoms with E-state index in [9.17, 15) is 0 Å². The Morgan fingerprint density at radius 3 is 3.17 bits per heavy atom. The van der Waals surface area contributed by atoms with E-state index in [1.165, 1.54) is 0 Å². The Bertz CT molecular complexity index is 248. The summed E-state index contributed by atoms with van der Waals surface area (Å²) in [5.74, 6) is 0.952. The van der Waals surface area contributed by atoms with Crippen LogP contribution in [-0.4, -0.2) is 12.6 Å². The fourth-order valence-corrected chi connectivity index (χ4v) is 1.02. The standard InChI is InChI=1S/C9H12N2O/c1-8(11-5-4-10)7-9-3-2-6-12-9/h2-3,6,8,11H,5,7H2,1H3. The monoisotopic (exact) mass is 164 g/mol. The van der Waals surface area contributed by atoms with Gasteiger partial charge in [-0.25, -0.2) is 0 Å². The normalized spacial score (nSPS) is 12.3. The second kappa shape index (κ2) is 4.58. The summed E-state index contributed by atoms with van der Waals surface area (Å²) >= 11 is 0. The van der Waals surface area contributed by atoms with Crippen molar-refractivity contribution in [2.24, 2.45) is 0 Å². The largest absolute Gasteiger partial charge is 0.469 e. The van der Waals surface area contributed by atoms with Gasteiger partial charge in [0.2, 0.25) is 0 Å². The molecule has 1 aromatic heterocycles. The van der Waals surface area contributed by atoms with Gasteiger partial charge in [0.15, 0.2) is 0 Å². The molecule has 0 radical (unpaired) electrons. The van der Waals surface area contributed by atoms with Gasteiger partial charge in [0.1, 0.15) is 5.76 Å². The Balaban J connectivity index is 2.28. The first-order chi connectivity index (χ1) is 5.83. The molecule has 1 atom stereocenters. The highest BCUT2D eigenvalue weighted by atomic mass is 16.3. The third kappa shape index (κ3) is 2.77. The summed E-state index contributed by atoms with van der Waals surface area (Å²) in [5, 5.41) is 11.4. The second-order valence-electron chi connectivity index (χ2n) is 2.72. The van der Waals surface area contributed by atoms with Gasteiger partial charge < -0.3 is 9.73 Å². The summed E-state index contributed by atoms with van der Waals surface area (Å²) in [6, 6.07) is 6.13. The lowest BCUT2D eigenvalue weighted by molar-refractivity contribution is 0.467. The molecule has 0 spiro atoms. The molecule has 3 nitrogen and oxygen atoms in total. The molecule has 1 aromatic rings. The summed E-state index contributed by atoms with van der Waals surface area (Å²) in [6.45, 7) is 2.42. The maximum absolute atomic E-state index is 8.31. The van der Waals surface area contributed by atoms with Crippen LogP contribution in [0.2, 0.25) is 0 Å². The first-order valence-corrected chi connectivity index (χ1v) is 3.95. The van der Waals surface area contributed by atoms with Crippen LogP contribution in [-0.2, 0) is 6.42 Å². The molecular weight excluding hydrogens is 152 g/mol. The van der Waals surface area contributed by atoms with Crippen molar-refractivity contribution in [1.29, 1.82) is 5.26 Å². The quantitative estimate of drug-likeness (QED) is 0.683. The lowest BCUT2D eigenvalue weighted by Gasteiger charge is -2.08. The van der Waals surface area contributed by atoms with Crippen LogP contribution in [0.25, 0.3) is 0 Å². The molecule has 1 rings (SSSR count). The first kappa shape index (κ1) is 8.82. The zero-order valence-corrected chi connectivity index (χ0v) is 7.08. The number of hydrogen-bond donors (Lipinski definition) is 1. The molecule has 0 aliphatic rings. The first-order valence-electron chi connectivity index (χ1n) is 3.95. The van der Waals surface area contributed by atoms with Crippen molar-refractivity contribution < 1.29 is 4.42 Å². The molecule has 0 aromatic carbocycles. The van der Waals surface area contributed by atoms with Crippen LogP contribution >= 0.6 is 0 Å². The van der Waals surface area contributed by atoms with Crippen LogP contribution < -0.4 is 5.32 Å². The van der Waals surface area contributed by atoms with E-state index in [1.807, 2.05) is 25.1 Å². The maximum atomic E-state index is 8.31. The van der Waals surface area contributed by atoms with Crippen molar-refractivity contribution in [3.63, 3.8) is 0 Å². The van der Waals surface area contributed by atoms with Crippen molar-refractivity contribution in [2.75, 3.05) is 6.54 Å². The average molecular weight is 164 g/mol. The Hall–Kier alpha value is -1.27. The van der Waals surface area contributed by atoms with Crippen molar-refractivity contribution in [2.45, 2.75) is 19.4 Å². The molecule has 1 N–H and O–H groups in total. The highest BCUT2D eigenvalue weighted by Crippen LogP contribution is 2.03. The van der Waals surface area contributed by atoms with Gasteiger partial charge in [-0.1, -0.05) is 0 Å². The molecule has 0 fully saturated rings. The van der Waals surface area contributed by atoms with E-state index in [-0.39, 0.29) is 6.04 Å². The van der Waals surface area contributed by atoms with Crippen LogP contribution in [0.15, 0.2) is 22.8 Å². The van der Waals surface area contributed by atoms with Gasteiger partial charge in [0.05, 0.1) is 18.9 Å². The number of rotatable bonds is 4. The average Bonchev–Trinajstić information content (AvgIpc) is 2.53. The zero-order valence-electron chi connectivity index (χ0n) is 7.08. The number of furan rings is 1. The Morgan fingerprint density at radius 1 is 1.75 bits per heavy atom. The molecular formula is C9H12N2O. The SMILES string of the molecule is CC(Cc1ccco1)NCC#N. The van der Waals surface area contributed by atoms with Gasteiger partial charge in [-0.3, -0.25) is 0 Å². The van der Waals surface area contributed by atoms with Gasteiger partial charge in [0, 0.05) is 12.5 Å². The van der Waals surface area contributed by atoms with E-state index in [1.54, 1.807) is 6.26 Å². The van der Waals surface area contributed by atoms with Crippen LogP contribution in [0.5, 0.6) is 0 Å². The zero-order chi connectivity index (χ0) is 8.81. The summed E-state index contributed by atoms with van der Waals surface area (Å²) in [4.78, 5) is 0. The van der Waals surface area contributed by atoms with Gasteiger partial charge >= 0.3 is 0 Å². The van der Waals surface area contributed by atoms with Crippen LogP contribution in [0.4, 0.5) is 0 Å². The second-order valence-corrected chi connectivity index (χ2v) is 2.72. The number of nitriles is 1. The molecule has 3 heteroatoms. The maximum Gasteiger partial charge on any atom is 0.105 e. The Morgan fingerprint density at radius 2 is 2.58 bits per heavy atom. The molecule has 0 saturated carbocycles. The molecule has 0 aliphatic carbocycles. The molecule has 0 bridgehead atoms. The van der Waals surface area contributed by atoms with Gasteiger partial charge in [-0.2, -0.15) is 5.26 Å². The lowest BCUT2D eigenvalue weighted by atomic mass is 10.2. The fraction of sp³-hybridized carbons (Fsp3) is 0.444. The van der Waals surface area contributed by atoms with E-state index in [2.05, 4.69) is 5.32 Å². The molecule has 0 saturated heterocycles. The Kier molecular flexibility index (Phi) is 3.36. The van der Waals surface area contributed by atoms with Crippen molar-refractivity contribution in [3.05, 3.63) is 24.2 Å². The van der Waals surface area contributed by atoms with E-state index in [0.717, 1.165) is 12.2 Å². The third-order valence-electron chi connectivity index (χ3n) is 1.62. The summed E-state index contributed by atoms with van der Waals surface area (Å²) in [5.41, 5.74) is 0. The van der Waals surface area contributed by atoms with Crippen LogP contribution in [0.1, 0.15) is 12.7 Å². The predicted octanol–water partition coefficient (Wildman–Crippen LogP) is 1.32. The van der Waals surface area contributed by atoms with Crippen molar-refractivity contribution in [3.8, 4) is 6.07 Å². The van der Waals surface area contributed by atoms with Gasteiger partial charge in [-0.05, 0) is 19.1 Å². The molecule has 64 valence electrons. The highest BCUT2D eigenvalue weighted by molar-refractivity contribution is 5.00. The van der Waals surface area contributed by atoms with Crippen molar-refractivity contribution >= 4 is 0 Å². The third-order valence-corrected chi connectivity index (χ3v) is 1.62. The van der Waals surface area contributed by atoms with Crippen molar-refractivity contribution in [1.82, 2.24) is 5.32 Å². The van der Waals surface area contributed by atoms with E-state index < -0.39 is 0 Å². The fourth-order valence-electron chi connectivity index (χ4n) is 1.02. The van der Waals surface area contributed by atoms with Gasteiger partial charge in [0.25, 0.3) is 0 Å². The van der Waals surface area contributed by atoms with E-state index in [4.69, 9.17) is 9.68 Å². The Labute approximate surface area is 72.0 Å². The minimum Gasteiger partial charge on any atom is -0.469 e. The topological polar surface area (TPSA) is 49.0 Å². The summed E-state index contributed by atoms with van der Waals surface area (Å²) in [6.07, 6.45) is 2.49. The molecule has 1 unspecified atom stereocenters. The molecule has 0 amide bonds. The van der Waals surface area contributed by atoms with Crippen LogP contribution in [0, 0.1) is 11.3 Å². The summed E-state index contributed by atoms with van der Waals surface area (Å²) in [7, 11) is 0. The molecule has 0 aliphatic heterocycles. The number of hydrogen-bond acceptors (Lipinski definition) is 3. The summed E-state index contributed by atoms with van der Waals surface area (Å²) < 4.78 is 5.16.